The zero-order valence-corrected chi connectivity index (χ0v) is 13.4. The molecule has 1 N–H and O–H groups in total. The topological polar surface area (TPSA) is 21.3 Å². The van der Waals surface area contributed by atoms with Crippen molar-refractivity contribution in [3.05, 3.63) is 64.7 Å². The van der Waals surface area contributed by atoms with Crippen molar-refractivity contribution in [2.45, 2.75) is 25.8 Å². The molecule has 0 aliphatic rings. The van der Waals surface area contributed by atoms with E-state index in [0.29, 0.717) is 11.1 Å². The molecule has 3 heteroatoms. The zero-order chi connectivity index (χ0) is 15.1. The molecule has 0 amide bonds. The fourth-order valence-corrected chi connectivity index (χ4v) is 2.68. The van der Waals surface area contributed by atoms with Gasteiger partial charge in [-0.25, -0.2) is 0 Å². The van der Waals surface area contributed by atoms with E-state index in [1.54, 1.807) is 7.11 Å². The summed E-state index contributed by atoms with van der Waals surface area (Å²) in [6.45, 7) is 3.06. The summed E-state index contributed by atoms with van der Waals surface area (Å²) in [6.07, 6.45) is 2.09. The van der Waals surface area contributed by atoms with Crippen LogP contribution < -0.4 is 10.1 Å². The number of aryl methyl sites for hydroxylation is 1. The first-order valence-electron chi connectivity index (χ1n) is 7.35. The fraction of sp³-hybridized carbons (Fsp3) is 0.333. The number of benzene rings is 2. The highest BCUT2D eigenvalue weighted by molar-refractivity contribution is 6.32. The van der Waals surface area contributed by atoms with E-state index in [-0.39, 0.29) is 0 Å². The second kappa shape index (κ2) is 8.06. The number of ether oxygens (including phenoxy) is 1. The third-order valence-electron chi connectivity index (χ3n) is 3.59. The minimum atomic E-state index is 0.307. The predicted molar refractivity (Wildman–Crippen MR) is 89.2 cm³/mol. The van der Waals surface area contributed by atoms with Crippen molar-refractivity contribution in [1.29, 1.82) is 0 Å². The highest BCUT2D eigenvalue weighted by atomic mass is 35.5. The summed E-state index contributed by atoms with van der Waals surface area (Å²) in [5.41, 5.74) is 2.58. The van der Waals surface area contributed by atoms with E-state index in [0.717, 1.165) is 25.1 Å². The Bertz CT molecular complexity index is 556. The Kier molecular flexibility index (Phi) is 6.09. The van der Waals surface area contributed by atoms with Gasteiger partial charge in [0.05, 0.1) is 12.1 Å². The summed E-state index contributed by atoms with van der Waals surface area (Å²) in [5.74, 6) is 0.733. The first kappa shape index (κ1) is 15.9. The van der Waals surface area contributed by atoms with Crippen LogP contribution in [0.5, 0.6) is 5.75 Å². The monoisotopic (exact) mass is 303 g/mol. The summed E-state index contributed by atoms with van der Waals surface area (Å²) in [4.78, 5) is 0. The van der Waals surface area contributed by atoms with Crippen molar-refractivity contribution in [2.75, 3.05) is 13.7 Å². The second-order valence-corrected chi connectivity index (χ2v) is 5.44. The van der Waals surface area contributed by atoms with E-state index in [9.17, 15) is 0 Å². The van der Waals surface area contributed by atoms with E-state index in [2.05, 4.69) is 48.6 Å². The third kappa shape index (κ3) is 4.48. The highest BCUT2D eigenvalue weighted by Gasteiger charge is 2.12. The maximum atomic E-state index is 6.11. The molecule has 0 radical (unpaired) electrons. The molecule has 0 saturated carbocycles. The van der Waals surface area contributed by atoms with Gasteiger partial charge in [-0.2, -0.15) is 0 Å². The Morgan fingerprint density at radius 2 is 1.90 bits per heavy atom. The van der Waals surface area contributed by atoms with Crippen LogP contribution >= 0.6 is 11.6 Å². The minimum Gasteiger partial charge on any atom is -0.495 e. The second-order valence-electron chi connectivity index (χ2n) is 5.03. The average Bonchev–Trinajstić information content (AvgIpc) is 2.53. The number of halogens is 1. The predicted octanol–water partition coefficient (Wildman–Crippen LogP) is 4.63. The van der Waals surface area contributed by atoms with Gasteiger partial charge in [0.2, 0.25) is 0 Å². The molecule has 0 aliphatic carbocycles. The van der Waals surface area contributed by atoms with Crippen LogP contribution in [0.25, 0.3) is 0 Å². The lowest BCUT2D eigenvalue weighted by atomic mass is 9.98. The Morgan fingerprint density at radius 3 is 2.57 bits per heavy atom. The van der Waals surface area contributed by atoms with Gasteiger partial charge in [-0.1, -0.05) is 54.9 Å². The smallest absolute Gasteiger partial charge is 0.137 e. The molecule has 0 spiro atoms. The fourth-order valence-electron chi connectivity index (χ4n) is 2.48. The molecule has 0 fully saturated rings. The van der Waals surface area contributed by atoms with Gasteiger partial charge in [-0.3, -0.25) is 0 Å². The van der Waals surface area contributed by atoms with Crippen LogP contribution in [0, 0.1) is 0 Å². The van der Waals surface area contributed by atoms with Crippen molar-refractivity contribution in [1.82, 2.24) is 5.32 Å². The number of methoxy groups -OCH3 is 1. The van der Waals surface area contributed by atoms with Crippen LogP contribution in [0.1, 0.15) is 30.5 Å². The van der Waals surface area contributed by atoms with Gasteiger partial charge in [0, 0.05) is 6.04 Å². The molecule has 2 aromatic rings. The molecule has 0 heterocycles. The van der Waals surface area contributed by atoms with Crippen LogP contribution in [0.2, 0.25) is 5.02 Å². The van der Waals surface area contributed by atoms with Crippen molar-refractivity contribution in [3.8, 4) is 5.75 Å². The standard InChI is InChI=1S/C18H22ClNO/c1-3-20-17(12-9-14-7-5-4-6-8-14)15-10-11-16(19)18(13-15)21-2/h4-8,10-11,13,17,20H,3,9,12H2,1-2H3. The third-order valence-corrected chi connectivity index (χ3v) is 3.90. The Balaban J connectivity index is 2.11. The van der Waals surface area contributed by atoms with E-state index < -0.39 is 0 Å². The summed E-state index contributed by atoms with van der Waals surface area (Å²) < 4.78 is 5.32. The molecule has 0 bridgehead atoms. The normalized spacial score (nSPS) is 12.1. The molecular formula is C18H22ClNO. The lowest BCUT2D eigenvalue weighted by Crippen LogP contribution is -2.21. The first-order chi connectivity index (χ1) is 10.2. The Morgan fingerprint density at radius 1 is 1.14 bits per heavy atom. The van der Waals surface area contributed by atoms with Gasteiger partial charge in [0.15, 0.2) is 0 Å². The SMILES string of the molecule is CCNC(CCc1ccccc1)c1ccc(Cl)c(OC)c1. The summed E-state index contributed by atoms with van der Waals surface area (Å²) in [7, 11) is 1.65. The van der Waals surface area contributed by atoms with Gasteiger partial charge < -0.3 is 10.1 Å². The number of nitrogens with one attached hydrogen (secondary N) is 1. The molecule has 112 valence electrons. The van der Waals surface area contributed by atoms with Crippen LogP contribution in [0.3, 0.4) is 0 Å². The summed E-state index contributed by atoms with van der Waals surface area (Å²) >= 11 is 6.11. The maximum Gasteiger partial charge on any atom is 0.137 e. The van der Waals surface area contributed by atoms with Crippen LogP contribution in [0.4, 0.5) is 0 Å². The lowest BCUT2D eigenvalue weighted by Gasteiger charge is -2.19. The summed E-state index contributed by atoms with van der Waals surface area (Å²) in [6, 6.07) is 16.9. The molecule has 1 unspecified atom stereocenters. The molecule has 0 aliphatic heterocycles. The molecule has 2 nitrogen and oxygen atoms in total. The zero-order valence-electron chi connectivity index (χ0n) is 12.6. The highest BCUT2D eigenvalue weighted by Crippen LogP contribution is 2.29. The molecule has 0 saturated heterocycles. The van der Waals surface area contributed by atoms with Crippen molar-refractivity contribution in [2.24, 2.45) is 0 Å². The molecular weight excluding hydrogens is 282 g/mol. The molecule has 21 heavy (non-hydrogen) atoms. The van der Waals surface area contributed by atoms with E-state index in [1.807, 2.05) is 12.1 Å². The van der Waals surface area contributed by atoms with Crippen molar-refractivity contribution in [3.63, 3.8) is 0 Å². The van der Waals surface area contributed by atoms with Gasteiger partial charge in [0.25, 0.3) is 0 Å². The van der Waals surface area contributed by atoms with Crippen molar-refractivity contribution < 1.29 is 4.74 Å². The molecule has 0 aromatic heterocycles. The molecule has 2 rings (SSSR count). The van der Waals surface area contributed by atoms with Crippen LogP contribution in [-0.4, -0.2) is 13.7 Å². The number of hydrogen-bond donors (Lipinski definition) is 1. The maximum absolute atomic E-state index is 6.11. The van der Waals surface area contributed by atoms with E-state index in [1.165, 1.54) is 11.1 Å². The molecule has 2 aromatic carbocycles. The number of hydrogen-bond acceptors (Lipinski definition) is 2. The Hall–Kier alpha value is -1.51. The minimum absolute atomic E-state index is 0.307. The van der Waals surface area contributed by atoms with Gasteiger partial charge in [0.1, 0.15) is 5.75 Å². The molecule has 1 atom stereocenters. The largest absolute Gasteiger partial charge is 0.495 e. The van der Waals surface area contributed by atoms with Crippen molar-refractivity contribution >= 4 is 11.6 Å². The van der Waals surface area contributed by atoms with Crippen LogP contribution in [-0.2, 0) is 6.42 Å². The van der Waals surface area contributed by atoms with E-state index in [4.69, 9.17) is 16.3 Å². The first-order valence-corrected chi connectivity index (χ1v) is 7.73. The van der Waals surface area contributed by atoms with Gasteiger partial charge >= 0.3 is 0 Å². The lowest BCUT2D eigenvalue weighted by molar-refractivity contribution is 0.412. The van der Waals surface area contributed by atoms with Crippen LogP contribution in [0.15, 0.2) is 48.5 Å². The average molecular weight is 304 g/mol. The summed E-state index contributed by atoms with van der Waals surface area (Å²) in [5, 5.41) is 4.19. The van der Waals surface area contributed by atoms with Gasteiger partial charge in [-0.05, 0) is 42.6 Å². The quantitative estimate of drug-likeness (QED) is 0.805. The van der Waals surface area contributed by atoms with Gasteiger partial charge in [-0.15, -0.1) is 0 Å². The van der Waals surface area contributed by atoms with E-state index >= 15 is 0 Å². The Labute approximate surface area is 132 Å². The number of rotatable bonds is 7.